The molecule has 3 aliphatic heterocycles. The maximum atomic E-state index is 12.4. The second kappa shape index (κ2) is 8.27. The van der Waals surface area contributed by atoms with E-state index in [9.17, 15) is 9.59 Å². The lowest BCUT2D eigenvalue weighted by atomic mass is 9.97. The van der Waals surface area contributed by atoms with Gasteiger partial charge in [0.1, 0.15) is 6.10 Å². The van der Waals surface area contributed by atoms with Crippen LogP contribution in [0.15, 0.2) is 18.5 Å². The molecule has 1 N–H and O–H groups in total. The van der Waals surface area contributed by atoms with Gasteiger partial charge in [-0.1, -0.05) is 0 Å². The average molecular weight is 390 g/mol. The number of cyclic esters (lactones) is 1. The molecule has 1 atom stereocenters. The van der Waals surface area contributed by atoms with Gasteiger partial charge in [-0.25, -0.2) is 14.8 Å². The van der Waals surface area contributed by atoms with Crippen molar-refractivity contribution < 1.29 is 19.4 Å². The quantitative estimate of drug-likeness (QED) is 0.751. The van der Waals surface area contributed by atoms with E-state index in [0.717, 1.165) is 45.0 Å². The molecule has 0 aromatic carbocycles. The number of carboxylic acid groups (broad SMARTS) is 1. The molecule has 3 fully saturated rings. The Kier molecular flexibility index (Phi) is 5.58. The zero-order valence-electron chi connectivity index (χ0n) is 15.8. The number of hydrazine groups is 1. The molecule has 10 nitrogen and oxygen atoms in total. The van der Waals surface area contributed by atoms with E-state index in [2.05, 4.69) is 25.0 Å². The van der Waals surface area contributed by atoms with Gasteiger partial charge in [0.2, 0.25) is 0 Å². The summed E-state index contributed by atoms with van der Waals surface area (Å²) in [6, 6.07) is 1.94. The number of aliphatic carboxylic acids is 1. The van der Waals surface area contributed by atoms with Crippen LogP contribution in [0.2, 0.25) is 0 Å². The highest BCUT2D eigenvalue weighted by Crippen LogP contribution is 2.22. The van der Waals surface area contributed by atoms with Crippen molar-refractivity contribution in [1.82, 2.24) is 25.1 Å². The second-order valence-corrected chi connectivity index (χ2v) is 7.54. The van der Waals surface area contributed by atoms with Crippen LogP contribution in [0.1, 0.15) is 12.8 Å². The zero-order valence-corrected chi connectivity index (χ0v) is 15.8. The number of ether oxygens (including phenoxy) is 1. The van der Waals surface area contributed by atoms with E-state index in [1.54, 1.807) is 17.4 Å². The molecule has 0 aliphatic carbocycles. The van der Waals surface area contributed by atoms with Crippen LogP contribution < -0.4 is 4.90 Å². The third-order valence-corrected chi connectivity index (χ3v) is 5.78. The molecule has 152 valence electrons. The lowest BCUT2D eigenvalue weighted by Gasteiger charge is -2.39. The highest BCUT2D eigenvalue weighted by molar-refractivity contribution is 5.70. The van der Waals surface area contributed by atoms with Gasteiger partial charge in [-0.2, -0.15) is 10.2 Å². The molecule has 0 bridgehead atoms. The first-order valence-corrected chi connectivity index (χ1v) is 9.80. The van der Waals surface area contributed by atoms with E-state index < -0.39 is 5.97 Å². The standard InChI is InChI=1S/C18H26N6O4/c25-17(26)14-2-5-21(6-3-14)12-16-13-24(18(27)28-16)23-9-7-22(8-10-23)15-1-4-19-20-11-15/h1,4,11,14,16H,2-3,5-10,12-13H2,(H,25,26). The number of carboxylic acids is 1. The lowest BCUT2D eigenvalue weighted by Crippen LogP contribution is -2.54. The molecule has 0 spiro atoms. The largest absolute Gasteiger partial charge is 0.481 e. The van der Waals surface area contributed by atoms with E-state index in [1.165, 1.54) is 0 Å². The lowest BCUT2D eigenvalue weighted by molar-refractivity contribution is -0.143. The summed E-state index contributed by atoms with van der Waals surface area (Å²) in [6.07, 6.45) is 4.30. The van der Waals surface area contributed by atoms with Crippen LogP contribution in [-0.2, 0) is 9.53 Å². The smallest absolute Gasteiger partial charge is 0.424 e. The summed E-state index contributed by atoms with van der Waals surface area (Å²) >= 11 is 0. The fourth-order valence-electron chi connectivity index (χ4n) is 4.15. The Labute approximate surface area is 163 Å². The minimum Gasteiger partial charge on any atom is -0.481 e. The maximum Gasteiger partial charge on any atom is 0.424 e. The number of piperazine rings is 1. The van der Waals surface area contributed by atoms with Gasteiger partial charge in [0.25, 0.3) is 0 Å². The predicted octanol–water partition coefficient (Wildman–Crippen LogP) is 0.131. The van der Waals surface area contributed by atoms with Crippen LogP contribution in [0.25, 0.3) is 0 Å². The Hall–Kier alpha value is -2.46. The van der Waals surface area contributed by atoms with Crippen molar-refractivity contribution in [2.45, 2.75) is 18.9 Å². The van der Waals surface area contributed by atoms with Gasteiger partial charge >= 0.3 is 12.1 Å². The third-order valence-electron chi connectivity index (χ3n) is 5.78. The van der Waals surface area contributed by atoms with Crippen LogP contribution in [-0.4, -0.2) is 101 Å². The number of anilines is 1. The highest BCUT2D eigenvalue weighted by atomic mass is 16.6. The molecular formula is C18H26N6O4. The zero-order chi connectivity index (χ0) is 19.5. The summed E-state index contributed by atoms with van der Waals surface area (Å²) in [7, 11) is 0. The molecule has 3 aliphatic rings. The number of hydrogen-bond donors (Lipinski definition) is 1. The number of carbonyl (C=O) groups excluding carboxylic acids is 1. The summed E-state index contributed by atoms with van der Waals surface area (Å²) in [4.78, 5) is 27.9. The van der Waals surface area contributed by atoms with Crippen molar-refractivity contribution in [2.24, 2.45) is 5.92 Å². The van der Waals surface area contributed by atoms with Crippen LogP contribution in [0, 0.1) is 5.92 Å². The van der Waals surface area contributed by atoms with Gasteiger partial charge in [0.15, 0.2) is 0 Å². The first-order chi connectivity index (χ1) is 13.6. The van der Waals surface area contributed by atoms with Crippen molar-refractivity contribution in [3.63, 3.8) is 0 Å². The molecule has 3 saturated heterocycles. The molecule has 28 heavy (non-hydrogen) atoms. The van der Waals surface area contributed by atoms with Crippen LogP contribution in [0.4, 0.5) is 10.5 Å². The van der Waals surface area contributed by atoms with Crippen molar-refractivity contribution >= 4 is 17.7 Å². The average Bonchev–Trinajstić information content (AvgIpc) is 3.09. The number of hydrogen-bond acceptors (Lipinski definition) is 8. The highest BCUT2D eigenvalue weighted by Gasteiger charge is 2.38. The number of amides is 1. The number of carbonyl (C=O) groups is 2. The molecule has 0 saturated carbocycles. The van der Waals surface area contributed by atoms with Crippen molar-refractivity contribution in [2.75, 3.05) is 57.3 Å². The van der Waals surface area contributed by atoms with E-state index in [-0.39, 0.29) is 18.1 Å². The van der Waals surface area contributed by atoms with Gasteiger partial charge < -0.3 is 14.7 Å². The molecule has 4 rings (SSSR count). The second-order valence-electron chi connectivity index (χ2n) is 7.54. The number of piperidine rings is 1. The van der Waals surface area contributed by atoms with Crippen molar-refractivity contribution in [3.05, 3.63) is 18.5 Å². The molecular weight excluding hydrogens is 364 g/mol. The van der Waals surface area contributed by atoms with E-state index in [1.807, 2.05) is 6.07 Å². The first kappa shape index (κ1) is 18.9. The number of nitrogens with zero attached hydrogens (tertiary/aromatic N) is 6. The van der Waals surface area contributed by atoms with Gasteiger partial charge in [-0.15, -0.1) is 0 Å². The SMILES string of the molecule is O=C(O)C1CCN(CC2CN(N3CCN(c4ccnnc4)CC3)C(=O)O2)CC1. The molecule has 1 amide bonds. The van der Waals surface area contributed by atoms with E-state index in [0.29, 0.717) is 25.9 Å². The van der Waals surface area contributed by atoms with Crippen LogP contribution in [0.3, 0.4) is 0 Å². The fourth-order valence-corrected chi connectivity index (χ4v) is 4.15. The van der Waals surface area contributed by atoms with Gasteiger partial charge in [0.05, 0.1) is 30.5 Å². The molecule has 1 aromatic heterocycles. The Morgan fingerprint density at radius 3 is 2.54 bits per heavy atom. The summed E-state index contributed by atoms with van der Waals surface area (Å²) in [5, 5.41) is 20.6. The topological polar surface area (TPSA) is 102 Å². The van der Waals surface area contributed by atoms with Gasteiger partial charge in [0, 0.05) is 32.7 Å². The minimum atomic E-state index is -0.709. The molecule has 0 radical (unpaired) electrons. The Morgan fingerprint density at radius 2 is 1.89 bits per heavy atom. The summed E-state index contributed by atoms with van der Waals surface area (Å²) < 4.78 is 5.57. The van der Waals surface area contributed by atoms with Gasteiger partial charge in [-0.3, -0.25) is 9.69 Å². The summed E-state index contributed by atoms with van der Waals surface area (Å²) in [5.41, 5.74) is 1.04. The number of aromatic nitrogens is 2. The normalized spacial score (nSPS) is 25.1. The van der Waals surface area contributed by atoms with E-state index >= 15 is 0 Å². The van der Waals surface area contributed by atoms with Crippen molar-refractivity contribution in [1.29, 1.82) is 0 Å². The summed E-state index contributed by atoms with van der Waals surface area (Å²) in [5.74, 6) is -0.953. The minimum absolute atomic E-state index is 0.170. The number of likely N-dealkylation sites (tertiary alicyclic amines) is 1. The molecule has 1 aromatic rings. The van der Waals surface area contributed by atoms with Crippen LogP contribution in [0.5, 0.6) is 0 Å². The fraction of sp³-hybridized carbons (Fsp3) is 0.667. The van der Waals surface area contributed by atoms with E-state index in [4.69, 9.17) is 9.84 Å². The molecule has 10 heteroatoms. The van der Waals surface area contributed by atoms with Crippen molar-refractivity contribution in [3.8, 4) is 0 Å². The Balaban J connectivity index is 1.25. The number of rotatable bonds is 5. The third kappa shape index (κ3) is 4.17. The molecule has 1 unspecified atom stereocenters. The first-order valence-electron chi connectivity index (χ1n) is 9.80. The molecule has 4 heterocycles. The maximum absolute atomic E-state index is 12.4. The van der Waals surface area contributed by atoms with Gasteiger partial charge in [-0.05, 0) is 32.0 Å². The monoisotopic (exact) mass is 390 g/mol. The predicted molar refractivity (Wildman–Crippen MR) is 99.6 cm³/mol. The Bertz CT molecular complexity index is 689. The van der Waals surface area contributed by atoms with Crippen LogP contribution >= 0.6 is 0 Å². The summed E-state index contributed by atoms with van der Waals surface area (Å²) in [6.45, 7) is 5.80. The Morgan fingerprint density at radius 1 is 1.14 bits per heavy atom.